The number of hydrogen-bond acceptors (Lipinski definition) is 2. The molecule has 4 rings (SSSR count). The van der Waals surface area contributed by atoms with Crippen LogP contribution in [0.25, 0.3) is 0 Å². The summed E-state index contributed by atoms with van der Waals surface area (Å²) in [7, 11) is 0. The topological polar surface area (TPSA) is 26.3 Å². The summed E-state index contributed by atoms with van der Waals surface area (Å²) in [6.07, 6.45) is 7.64. The van der Waals surface area contributed by atoms with Crippen molar-refractivity contribution < 1.29 is 9.53 Å². The van der Waals surface area contributed by atoms with Crippen LogP contribution in [0.1, 0.15) is 69.4 Å². The fourth-order valence-corrected chi connectivity index (χ4v) is 5.94. The molecule has 3 aliphatic rings. The highest BCUT2D eigenvalue weighted by Crippen LogP contribution is 2.61. The first-order valence-electron chi connectivity index (χ1n) is 9.40. The minimum atomic E-state index is 0.0162. The molecular formula is C21H27O2. The van der Waals surface area contributed by atoms with E-state index >= 15 is 0 Å². The number of ether oxygens (including phenoxy) is 1. The molecule has 0 aliphatic heterocycles. The highest BCUT2D eigenvalue weighted by atomic mass is 16.5. The second-order valence-electron chi connectivity index (χ2n) is 7.64. The predicted molar refractivity (Wildman–Crippen MR) is 90.7 cm³/mol. The monoisotopic (exact) mass is 311 g/mol. The van der Waals surface area contributed by atoms with Crippen LogP contribution in [-0.4, -0.2) is 12.4 Å². The lowest BCUT2D eigenvalue weighted by Gasteiger charge is -2.49. The van der Waals surface area contributed by atoms with Gasteiger partial charge in [-0.05, 0) is 86.5 Å². The summed E-state index contributed by atoms with van der Waals surface area (Å²) in [5.41, 5.74) is 2.97. The first-order chi connectivity index (χ1) is 11.2. The lowest BCUT2D eigenvalue weighted by atomic mass is 9.54. The summed E-state index contributed by atoms with van der Waals surface area (Å²) < 4.78 is 5.69. The Morgan fingerprint density at radius 2 is 2.13 bits per heavy atom. The number of benzene rings is 1. The van der Waals surface area contributed by atoms with Crippen LogP contribution >= 0.6 is 0 Å². The van der Waals surface area contributed by atoms with E-state index in [4.69, 9.17) is 4.74 Å². The minimum Gasteiger partial charge on any atom is -0.493 e. The second-order valence-corrected chi connectivity index (χ2v) is 7.64. The molecule has 0 saturated heterocycles. The Kier molecular flexibility index (Phi) is 3.74. The van der Waals surface area contributed by atoms with E-state index in [0.29, 0.717) is 30.1 Å². The fraction of sp³-hybridized carbons (Fsp3) is 0.667. The molecule has 2 heteroatoms. The van der Waals surface area contributed by atoms with Crippen LogP contribution in [0.2, 0.25) is 0 Å². The molecule has 1 aromatic carbocycles. The van der Waals surface area contributed by atoms with Gasteiger partial charge in [-0.15, -0.1) is 0 Å². The molecule has 0 unspecified atom stereocenters. The third-order valence-electron chi connectivity index (χ3n) is 7.01. The molecular weight excluding hydrogens is 284 g/mol. The van der Waals surface area contributed by atoms with Gasteiger partial charge >= 0.3 is 0 Å². The van der Waals surface area contributed by atoms with Crippen molar-refractivity contribution in [2.45, 2.75) is 64.7 Å². The average Bonchev–Trinajstić information content (AvgIpc) is 2.92. The molecule has 0 N–H and O–H groups in total. The van der Waals surface area contributed by atoms with Crippen LogP contribution in [0.5, 0.6) is 5.75 Å². The number of rotatable bonds is 3. The van der Waals surface area contributed by atoms with Gasteiger partial charge in [0.05, 0.1) is 6.61 Å². The molecule has 0 bridgehead atoms. The van der Waals surface area contributed by atoms with Gasteiger partial charge in [-0.1, -0.05) is 6.92 Å². The van der Waals surface area contributed by atoms with Crippen molar-refractivity contribution in [1.82, 2.24) is 0 Å². The van der Waals surface area contributed by atoms with Gasteiger partial charge in [-0.3, -0.25) is 4.79 Å². The van der Waals surface area contributed by atoms with Crippen molar-refractivity contribution in [1.29, 1.82) is 0 Å². The van der Waals surface area contributed by atoms with Gasteiger partial charge in [0.1, 0.15) is 11.5 Å². The van der Waals surface area contributed by atoms with Gasteiger partial charge in [0.2, 0.25) is 0 Å². The molecule has 1 radical (unpaired) electrons. The molecule has 3 aliphatic carbocycles. The van der Waals surface area contributed by atoms with Gasteiger partial charge < -0.3 is 4.74 Å². The molecule has 0 amide bonds. The normalized spacial score (nSPS) is 35.4. The number of carbonyl (C=O) groups excluding carboxylic acids is 1. The first-order valence-corrected chi connectivity index (χ1v) is 9.40. The van der Waals surface area contributed by atoms with Crippen molar-refractivity contribution in [3.05, 3.63) is 29.3 Å². The van der Waals surface area contributed by atoms with Gasteiger partial charge in [-0.25, -0.2) is 0 Å². The van der Waals surface area contributed by atoms with Gasteiger partial charge in [-0.2, -0.15) is 0 Å². The van der Waals surface area contributed by atoms with E-state index in [0.717, 1.165) is 37.9 Å². The van der Waals surface area contributed by atoms with E-state index in [-0.39, 0.29) is 5.41 Å². The third kappa shape index (κ3) is 2.17. The van der Waals surface area contributed by atoms with Gasteiger partial charge in [0, 0.05) is 17.9 Å². The number of aryl methyl sites for hydroxylation is 1. The van der Waals surface area contributed by atoms with Crippen molar-refractivity contribution in [2.75, 3.05) is 6.61 Å². The average molecular weight is 311 g/mol. The molecule has 0 aromatic heterocycles. The van der Waals surface area contributed by atoms with Crippen molar-refractivity contribution >= 4 is 5.78 Å². The van der Waals surface area contributed by atoms with E-state index in [9.17, 15) is 4.79 Å². The second kappa shape index (κ2) is 5.65. The minimum absolute atomic E-state index is 0.0162. The molecule has 2 fully saturated rings. The largest absolute Gasteiger partial charge is 0.493 e. The van der Waals surface area contributed by atoms with E-state index in [1.165, 1.54) is 24.0 Å². The zero-order valence-corrected chi connectivity index (χ0v) is 14.4. The number of Topliss-reactive ketones (excluding diaryl/α,β-unsaturated/α-hetero) is 1. The van der Waals surface area contributed by atoms with Gasteiger partial charge in [0.25, 0.3) is 0 Å². The van der Waals surface area contributed by atoms with Crippen LogP contribution in [0, 0.1) is 23.3 Å². The van der Waals surface area contributed by atoms with Crippen LogP contribution in [0.4, 0.5) is 0 Å². The summed E-state index contributed by atoms with van der Waals surface area (Å²) in [4.78, 5) is 12.6. The van der Waals surface area contributed by atoms with Crippen molar-refractivity contribution in [3.63, 3.8) is 0 Å². The smallest absolute Gasteiger partial charge is 0.139 e. The molecule has 0 spiro atoms. The molecule has 4 atom stereocenters. The number of ketones is 1. The van der Waals surface area contributed by atoms with Crippen LogP contribution in [0.15, 0.2) is 12.1 Å². The van der Waals surface area contributed by atoms with E-state index in [1.807, 2.05) is 6.92 Å². The van der Waals surface area contributed by atoms with E-state index in [1.54, 1.807) is 0 Å². The van der Waals surface area contributed by atoms with Crippen LogP contribution in [0.3, 0.4) is 0 Å². The van der Waals surface area contributed by atoms with Crippen molar-refractivity contribution in [3.8, 4) is 5.75 Å². The Morgan fingerprint density at radius 1 is 1.26 bits per heavy atom. The maximum atomic E-state index is 12.6. The van der Waals surface area contributed by atoms with Gasteiger partial charge in [0.15, 0.2) is 0 Å². The molecule has 1 aromatic rings. The predicted octanol–water partition coefficient (Wildman–Crippen LogP) is 4.70. The number of hydrogen-bond donors (Lipinski definition) is 0. The summed E-state index contributed by atoms with van der Waals surface area (Å²) in [5, 5.41) is 0. The maximum absolute atomic E-state index is 12.6. The number of carbonyl (C=O) groups is 1. The zero-order chi connectivity index (χ0) is 16.0. The Hall–Kier alpha value is -1.31. The van der Waals surface area contributed by atoms with Crippen LogP contribution < -0.4 is 4.74 Å². The summed E-state index contributed by atoms with van der Waals surface area (Å²) >= 11 is 0. The summed E-state index contributed by atoms with van der Waals surface area (Å²) in [6.45, 7) is 4.95. The molecule has 123 valence electrons. The van der Waals surface area contributed by atoms with Crippen LogP contribution in [-0.2, 0) is 11.2 Å². The standard InChI is InChI=1S/C21H27O2/c1-3-21-12-11-16-17(19(21)9-10-20(21)22)8-6-14-5-7-15(23-4-2)13-18(14)16/h5,13,16-17,19H,3-4,6,8-12H2,1-2H3/t16-,17+,19-,21-/m0/s1. The maximum Gasteiger partial charge on any atom is 0.139 e. The Labute approximate surface area is 139 Å². The highest BCUT2D eigenvalue weighted by Gasteiger charge is 2.56. The Bertz CT molecular complexity index is 620. The van der Waals surface area contributed by atoms with E-state index < -0.39 is 0 Å². The molecule has 2 nitrogen and oxygen atoms in total. The Morgan fingerprint density at radius 3 is 2.91 bits per heavy atom. The third-order valence-corrected chi connectivity index (χ3v) is 7.01. The Balaban J connectivity index is 1.69. The highest BCUT2D eigenvalue weighted by molar-refractivity contribution is 5.87. The summed E-state index contributed by atoms with van der Waals surface area (Å²) in [6, 6.07) is 7.68. The van der Waals surface area contributed by atoms with E-state index in [2.05, 4.69) is 25.1 Å². The molecule has 23 heavy (non-hydrogen) atoms. The lowest BCUT2D eigenvalue weighted by Crippen LogP contribution is -2.44. The number of fused-ring (bicyclic) bond motifs is 5. The SMILES string of the molecule is CCOc1[c]cc2c(c1)[C@H]1CC[C@]3(CC)C(=O)CC[C@H]3[C@@H]1CC2. The fourth-order valence-electron chi connectivity index (χ4n) is 5.94. The lowest BCUT2D eigenvalue weighted by molar-refractivity contribution is -0.131. The molecule has 0 heterocycles. The van der Waals surface area contributed by atoms with Crippen molar-refractivity contribution in [2.24, 2.45) is 17.3 Å². The summed E-state index contributed by atoms with van der Waals surface area (Å²) in [5.74, 6) is 3.39. The zero-order valence-electron chi connectivity index (χ0n) is 14.4. The first kappa shape index (κ1) is 15.2. The quantitative estimate of drug-likeness (QED) is 0.808. The molecule has 2 saturated carbocycles.